The van der Waals surface area contributed by atoms with Crippen LogP contribution in [0.3, 0.4) is 0 Å². The van der Waals surface area contributed by atoms with Gasteiger partial charge in [-0.25, -0.2) is 19.2 Å². The van der Waals surface area contributed by atoms with Crippen molar-refractivity contribution in [3.8, 4) is 11.4 Å². The molecule has 0 saturated carbocycles. The third-order valence-electron chi connectivity index (χ3n) is 6.52. The van der Waals surface area contributed by atoms with Crippen molar-refractivity contribution in [3.05, 3.63) is 71.2 Å². The fourth-order valence-electron chi connectivity index (χ4n) is 4.71. The maximum Gasteiger partial charge on any atom is 0.319 e. The molecule has 0 spiro atoms. The van der Waals surface area contributed by atoms with Crippen LogP contribution in [0.4, 0.5) is 20.7 Å². The fourth-order valence-corrected chi connectivity index (χ4v) is 4.71. The van der Waals surface area contributed by atoms with Crippen LogP contribution < -0.4 is 15.5 Å². The van der Waals surface area contributed by atoms with E-state index in [1.54, 1.807) is 0 Å². The first-order valence-electron chi connectivity index (χ1n) is 12.4. The van der Waals surface area contributed by atoms with Crippen molar-refractivity contribution in [1.29, 1.82) is 0 Å². The number of amides is 2. The monoisotopic (exact) mass is 490 g/mol. The van der Waals surface area contributed by atoms with Crippen LogP contribution in [-0.4, -0.2) is 53.2 Å². The summed E-state index contributed by atoms with van der Waals surface area (Å²) in [5, 5.41) is 5.55. The minimum Gasteiger partial charge on any atom is -0.377 e. The highest BCUT2D eigenvalue weighted by Crippen LogP contribution is 2.34. The van der Waals surface area contributed by atoms with Gasteiger partial charge in [0.05, 0.1) is 24.9 Å². The molecule has 2 aliphatic heterocycles. The summed E-state index contributed by atoms with van der Waals surface area (Å²) >= 11 is 0. The van der Waals surface area contributed by atoms with E-state index in [1.807, 2.05) is 43.3 Å². The molecule has 36 heavy (non-hydrogen) atoms. The largest absolute Gasteiger partial charge is 0.377 e. The van der Waals surface area contributed by atoms with Crippen molar-refractivity contribution in [1.82, 2.24) is 20.2 Å². The lowest BCUT2D eigenvalue weighted by Gasteiger charge is -2.35. The highest BCUT2D eigenvalue weighted by molar-refractivity contribution is 5.89. The van der Waals surface area contributed by atoms with Gasteiger partial charge in [-0.15, -0.1) is 0 Å². The number of rotatable bonds is 6. The molecule has 1 fully saturated rings. The second-order valence-electron chi connectivity index (χ2n) is 9.25. The molecule has 2 aromatic carbocycles. The van der Waals surface area contributed by atoms with Crippen molar-refractivity contribution < 1.29 is 13.9 Å². The molecule has 1 aromatic heterocycles. The number of ether oxygens (including phenoxy) is 1. The lowest BCUT2D eigenvalue weighted by atomic mass is 10.1. The number of hydrogen-bond acceptors (Lipinski definition) is 6. The Morgan fingerprint density at radius 1 is 1.11 bits per heavy atom. The molecule has 1 atom stereocenters. The number of nitrogens with zero attached hydrogens (tertiary/aromatic N) is 4. The highest BCUT2D eigenvalue weighted by atomic mass is 19.1. The number of urea groups is 1. The lowest BCUT2D eigenvalue weighted by molar-refractivity contribution is 0.0984. The van der Waals surface area contributed by atoms with Gasteiger partial charge in [0.25, 0.3) is 0 Å². The Morgan fingerprint density at radius 3 is 2.61 bits per heavy atom. The molecule has 3 heterocycles. The number of carbonyl (C=O) groups is 1. The Kier molecular flexibility index (Phi) is 7.11. The molecule has 0 aliphatic carbocycles. The van der Waals surface area contributed by atoms with Gasteiger partial charge >= 0.3 is 6.03 Å². The van der Waals surface area contributed by atoms with Gasteiger partial charge in [-0.3, -0.25) is 4.90 Å². The zero-order valence-corrected chi connectivity index (χ0v) is 20.6. The number of fused-ring (bicyclic) bond motifs is 1. The molecule has 5 rings (SSSR count). The van der Waals surface area contributed by atoms with E-state index in [0.717, 1.165) is 41.3 Å². The quantitative estimate of drug-likeness (QED) is 0.540. The van der Waals surface area contributed by atoms with Crippen molar-refractivity contribution in [3.63, 3.8) is 0 Å². The van der Waals surface area contributed by atoms with E-state index in [1.165, 1.54) is 12.1 Å². The minimum atomic E-state index is -0.233. The van der Waals surface area contributed by atoms with Crippen molar-refractivity contribution >= 4 is 17.5 Å². The topological polar surface area (TPSA) is 82.6 Å². The molecule has 188 valence electrons. The number of halogens is 1. The zero-order valence-electron chi connectivity index (χ0n) is 20.6. The van der Waals surface area contributed by atoms with Crippen LogP contribution >= 0.6 is 0 Å². The van der Waals surface area contributed by atoms with Gasteiger partial charge in [-0.1, -0.05) is 12.1 Å². The molecule has 2 N–H and O–H groups in total. The summed E-state index contributed by atoms with van der Waals surface area (Å²) in [6, 6.07) is 14.2. The summed E-state index contributed by atoms with van der Waals surface area (Å²) in [5.74, 6) is 1.39. The third kappa shape index (κ3) is 5.32. The predicted octanol–water partition coefficient (Wildman–Crippen LogP) is 4.17. The van der Waals surface area contributed by atoms with Crippen molar-refractivity contribution in [2.24, 2.45) is 0 Å². The number of aromatic nitrogens is 2. The van der Waals surface area contributed by atoms with Crippen molar-refractivity contribution in [2.75, 3.05) is 36.5 Å². The van der Waals surface area contributed by atoms with E-state index in [9.17, 15) is 9.18 Å². The zero-order chi connectivity index (χ0) is 25.1. The Hall–Kier alpha value is -3.56. The molecular formula is C27H31FN6O2. The summed E-state index contributed by atoms with van der Waals surface area (Å²) in [4.78, 5) is 26.5. The van der Waals surface area contributed by atoms with Gasteiger partial charge in [0.1, 0.15) is 11.6 Å². The maximum absolute atomic E-state index is 13.4. The van der Waals surface area contributed by atoms with Gasteiger partial charge in [-0.2, -0.15) is 0 Å². The normalized spacial score (nSPS) is 17.6. The van der Waals surface area contributed by atoms with Crippen LogP contribution in [0.1, 0.15) is 30.7 Å². The third-order valence-corrected chi connectivity index (χ3v) is 6.52. The molecule has 1 unspecified atom stereocenters. The SMILES string of the molecule is CCNC(=O)Nc1ccc(-c2nc3c(c(N4CCOCC4C)n2)CN(Cc2ccc(F)cc2)C3)cc1. The number of hydrogen-bond donors (Lipinski definition) is 2. The Balaban J connectivity index is 1.43. The molecule has 0 bridgehead atoms. The summed E-state index contributed by atoms with van der Waals surface area (Å²) in [7, 11) is 0. The Labute approximate surface area is 210 Å². The van der Waals surface area contributed by atoms with Gasteiger partial charge in [0.15, 0.2) is 5.82 Å². The van der Waals surface area contributed by atoms with Crippen LogP contribution in [0, 0.1) is 5.82 Å². The van der Waals surface area contributed by atoms with Crippen LogP contribution in [0.5, 0.6) is 0 Å². The summed E-state index contributed by atoms with van der Waals surface area (Å²) in [6.07, 6.45) is 0. The van der Waals surface area contributed by atoms with Crippen LogP contribution in [0.2, 0.25) is 0 Å². The van der Waals surface area contributed by atoms with Gasteiger partial charge in [-0.05, 0) is 55.8 Å². The summed E-state index contributed by atoms with van der Waals surface area (Å²) in [5.41, 5.74) is 4.81. The number of nitrogens with one attached hydrogen (secondary N) is 2. The van der Waals surface area contributed by atoms with E-state index in [-0.39, 0.29) is 17.9 Å². The predicted molar refractivity (Wildman–Crippen MR) is 137 cm³/mol. The van der Waals surface area contributed by atoms with Crippen LogP contribution in [0.15, 0.2) is 48.5 Å². The van der Waals surface area contributed by atoms with Gasteiger partial charge in [0, 0.05) is 49.5 Å². The van der Waals surface area contributed by atoms with E-state index < -0.39 is 0 Å². The molecule has 2 amide bonds. The standard InChI is InChI=1S/C27H31FN6O2/c1-3-29-27(35)30-22-10-6-20(7-11-22)25-31-24-16-33(14-19-4-8-21(28)9-5-19)15-23(24)26(32-25)34-12-13-36-17-18(34)2/h4-11,18H,3,12-17H2,1-2H3,(H2,29,30,35). The average Bonchev–Trinajstić information content (AvgIpc) is 3.28. The number of anilines is 2. The fraction of sp³-hybridized carbons (Fsp3) is 0.370. The summed E-state index contributed by atoms with van der Waals surface area (Å²) < 4.78 is 19.0. The number of benzene rings is 2. The number of carbonyl (C=O) groups excluding carboxylic acids is 1. The summed E-state index contributed by atoms with van der Waals surface area (Å²) in [6.45, 7) is 8.84. The molecule has 3 aromatic rings. The highest BCUT2D eigenvalue weighted by Gasteiger charge is 2.31. The average molecular weight is 491 g/mol. The van der Waals surface area contributed by atoms with Crippen molar-refractivity contribution in [2.45, 2.75) is 39.5 Å². The van der Waals surface area contributed by atoms with Gasteiger partial charge < -0.3 is 20.3 Å². The molecule has 2 aliphatic rings. The molecule has 1 saturated heterocycles. The Morgan fingerprint density at radius 2 is 1.89 bits per heavy atom. The molecular weight excluding hydrogens is 459 g/mol. The first-order valence-corrected chi connectivity index (χ1v) is 12.4. The molecule has 0 radical (unpaired) electrons. The van der Waals surface area contributed by atoms with E-state index >= 15 is 0 Å². The van der Waals surface area contributed by atoms with Gasteiger partial charge in [0.2, 0.25) is 0 Å². The minimum absolute atomic E-state index is 0.209. The maximum atomic E-state index is 13.4. The van der Waals surface area contributed by atoms with Crippen LogP contribution in [0.25, 0.3) is 11.4 Å². The second kappa shape index (κ2) is 10.6. The smallest absolute Gasteiger partial charge is 0.319 e. The number of morpholine rings is 1. The molecule has 9 heteroatoms. The van der Waals surface area contributed by atoms with E-state index in [0.29, 0.717) is 44.4 Å². The van der Waals surface area contributed by atoms with E-state index in [4.69, 9.17) is 14.7 Å². The second-order valence-corrected chi connectivity index (χ2v) is 9.25. The first-order chi connectivity index (χ1) is 17.5. The Bertz CT molecular complexity index is 1220. The lowest BCUT2D eigenvalue weighted by Crippen LogP contribution is -2.44. The molecule has 8 nitrogen and oxygen atoms in total. The van der Waals surface area contributed by atoms with E-state index in [2.05, 4.69) is 27.4 Å². The van der Waals surface area contributed by atoms with Crippen LogP contribution in [-0.2, 0) is 24.4 Å². The first kappa shape index (κ1) is 24.1.